The highest BCUT2D eigenvalue weighted by atomic mass is 16.1. The van der Waals surface area contributed by atoms with Crippen LogP contribution in [0.1, 0.15) is 29.8 Å². The van der Waals surface area contributed by atoms with Gasteiger partial charge in [0.05, 0.1) is 0 Å². The van der Waals surface area contributed by atoms with Crippen molar-refractivity contribution in [3.8, 4) is 0 Å². The van der Waals surface area contributed by atoms with E-state index in [0.717, 1.165) is 12.2 Å². The minimum absolute atomic E-state index is 0.154. The molecule has 1 aliphatic carbocycles. The van der Waals surface area contributed by atoms with E-state index in [1.165, 1.54) is 19.3 Å². The molecular formula is C13H20N4O. The fourth-order valence-corrected chi connectivity index (χ4v) is 2.21. The number of carbonyl (C=O) groups is 1. The van der Waals surface area contributed by atoms with Gasteiger partial charge in [0.1, 0.15) is 5.69 Å². The van der Waals surface area contributed by atoms with Crippen LogP contribution in [0.4, 0.5) is 5.69 Å². The van der Waals surface area contributed by atoms with Crippen molar-refractivity contribution in [2.45, 2.75) is 25.3 Å². The van der Waals surface area contributed by atoms with Crippen LogP contribution < -0.4 is 16.0 Å². The monoisotopic (exact) mass is 248 g/mol. The first-order valence-corrected chi connectivity index (χ1v) is 6.41. The highest BCUT2D eigenvalue weighted by Gasteiger charge is 2.25. The summed E-state index contributed by atoms with van der Waals surface area (Å²) in [6.07, 6.45) is 5.37. The molecule has 2 rings (SSSR count). The molecule has 5 heteroatoms. The summed E-state index contributed by atoms with van der Waals surface area (Å²) in [7, 11) is 1.61. The van der Waals surface area contributed by atoms with Gasteiger partial charge in [-0.3, -0.25) is 9.78 Å². The number of carbonyl (C=O) groups excluding carboxylic acids is 1. The van der Waals surface area contributed by atoms with Crippen LogP contribution in [0.2, 0.25) is 0 Å². The first kappa shape index (κ1) is 12.8. The van der Waals surface area contributed by atoms with Gasteiger partial charge >= 0.3 is 0 Å². The van der Waals surface area contributed by atoms with Crippen LogP contribution in [0.15, 0.2) is 18.3 Å². The number of amides is 1. The van der Waals surface area contributed by atoms with Crippen LogP contribution in [-0.2, 0) is 0 Å². The Morgan fingerprint density at radius 1 is 1.61 bits per heavy atom. The first-order chi connectivity index (χ1) is 8.76. The Morgan fingerprint density at radius 3 is 2.94 bits per heavy atom. The van der Waals surface area contributed by atoms with Crippen LogP contribution in [0.25, 0.3) is 0 Å². The Kier molecular flexibility index (Phi) is 4.15. The predicted molar refractivity (Wildman–Crippen MR) is 71.7 cm³/mol. The van der Waals surface area contributed by atoms with Gasteiger partial charge in [0.15, 0.2) is 0 Å². The molecule has 1 heterocycles. The minimum Gasteiger partial charge on any atom is -0.367 e. The highest BCUT2D eigenvalue weighted by molar-refractivity contribution is 5.92. The Labute approximate surface area is 107 Å². The number of aromatic nitrogens is 1. The second kappa shape index (κ2) is 5.82. The third-order valence-electron chi connectivity index (χ3n) is 3.42. The topological polar surface area (TPSA) is 71.2 Å². The van der Waals surface area contributed by atoms with E-state index in [-0.39, 0.29) is 5.91 Å². The number of nitrogens with two attached hydrogens (primary N) is 1. The molecule has 5 nitrogen and oxygen atoms in total. The van der Waals surface area contributed by atoms with E-state index in [2.05, 4.69) is 15.2 Å². The number of hydrogen-bond acceptors (Lipinski definition) is 4. The number of nitrogens with one attached hydrogen (secondary N) is 1. The third-order valence-corrected chi connectivity index (χ3v) is 3.42. The molecule has 0 aromatic carbocycles. The van der Waals surface area contributed by atoms with Crippen LogP contribution in [0.5, 0.6) is 0 Å². The quantitative estimate of drug-likeness (QED) is 0.807. The van der Waals surface area contributed by atoms with Crippen molar-refractivity contribution in [1.29, 1.82) is 0 Å². The van der Waals surface area contributed by atoms with Crippen LogP contribution in [-0.4, -0.2) is 37.1 Å². The molecule has 1 amide bonds. The van der Waals surface area contributed by atoms with Gasteiger partial charge in [0.25, 0.3) is 5.91 Å². The molecule has 0 saturated heterocycles. The molecule has 0 radical (unpaired) electrons. The van der Waals surface area contributed by atoms with Crippen molar-refractivity contribution in [2.24, 2.45) is 5.73 Å². The zero-order chi connectivity index (χ0) is 13.0. The summed E-state index contributed by atoms with van der Waals surface area (Å²) in [5, 5.41) is 2.59. The van der Waals surface area contributed by atoms with Crippen molar-refractivity contribution in [2.75, 3.05) is 25.0 Å². The Morgan fingerprint density at radius 2 is 2.39 bits per heavy atom. The molecule has 1 fully saturated rings. The molecule has 1 aromatic heterocycles. The number of pyridine rings is 1. The summed E-state index contributed by atoms with van der Waals surface area (Å²) in [5.41, 5.74) is 7.17. The molecule has 0 spiro atoms. The van der Waals surface area contributed by atoms with Crippen molar-refractivity contribution in [1.82, 2.24) is 10.3 Å². The van der Waals surface area contributed by atoms with E-state index in [4.69, 9.17) is 5.73 Å². The van der Waals surface area contributed by atoms with Crippen molar-refractivity contribution >= 4 is 11.6 Å². The Hall–Kier alpha value is -1.62. The molecule has 1 saturated carbocycles. The molecule has 0 bridgehead atoms. The van der Waals surface area contributed by atoms with Gasteiger partial charge in [-0.05, 0) is 31.4 Å². The SMILES string of the molecule is CNC(=O)c1cc(N(CCN)C2CCC2)ccn1. The lowest BCUT2D eigenvalue weighted by atomic mass is 9.91. The Bertz CT molecular complexity index is 417. The van der Waals surface area contributed by atoms with Crippen molar-refractivity contribution < 1.29 is 4.79 Å². The fraction of sp³-hybridized carbons (Fsp3) is 0.538. The molecule has 0 unspecified atom stereocenters. The van der Waals surface area contributed by atoms with Crippen LogP contribution >= 0.6 is 0 Å². The number of nitrogens with zero attached hydrogens (tertiary/aromatic N) is 2. The maximum Gasteiger partial charge on any atom is 0.269 e. The molecule has 3 N–H and O–H groups in total. The number of hydrogen-bond donors (Lipinski definition) is 2. The molecule has 18 heavy (non-hydrogen) atoms. The zero-order valence-corrected chi connectivity index (χ0v) is 10.7. The highest BCUT2D eigenvalue weighted by Crippen LogP contribution is 2.29. The Balaban J connectivity index is 2.21. The molecule has 98 valence electrons. The maximum absolute atomic E-state index is 11.6. The molecule has 1 aliphatic rings. The van der Waals surface area contributed by atoms with Gasteiger partial charge in [-0.1, -0.05) is 0 Å². The maximum atomic E-state index is 11.6. The van der Waals surface area contributed by atoms with Gasteiger partial charge in [0, 0.05) is 38.1 Å². The molecule has 0 atom stereocenters. The fourth-order valence-electron chi connectivity index (χ4n) is 2.21. The largest absolute Gasteiger partial charge is 0.367 e. The number of anilines is 1. The first-order valence-electron chi connectivity index (χ1n) is 6.41. The molecular weight excluding hydrogens is 228 g/mol. The van der Waals surface area contributed by atoms with E-state index >= 15 is 0 Å². The van der Waals surface area contributed by atoms with E-state index in [1.807, 2.05) is 12.1 Å². The van der Waals surface area contributed by atoms with Gasteiger partial charge < -0.3 is 16.0 Å². The second-order valence-corrected chi connectivity index (χ2v) is 4.55. The normalized spacial score (nSPS) is 15.0. The van der Waals surface area contributed by atoms with Crippen molar-refractivity contribution in [3.05, 3.63) is 24.0 Å². The summed E-state index contributed by atoms with van der Waals surface area (Å²) in [5.74, 6) is -0.154. The van der Waals surface area contributed by atoms with Gasteiger partial charge in [-0.15, -0.1) is 0 Å². The van der Waals surface area contributed by atoms with E-state index in [0.29, 0.717) is 18.3 Å². The van der Waals surface area contributed by atoms with E-state index in [9.17, 15) is 4.79 Å². The second-order valence-electron chi connectivity index (χ2n) is 4.55. The summed E-state index contributed by atoms with van der Waals surface area (Å²) >= 11 is 0. The lowest BCUT2D eigenvalue weighted by Gasteiger charge is -2.39. The summed E-state index contributed by atoms with van der Waals surface area (Å²) in [6.45, 7) is 1.44. The average molecular weight is 248 g/mol. The molecule has 0 aliphatic heterocycles. The van der Waals surface area contributed by atoms with E-state index in [1.54, 1.807) is 13.2 Å². The third kappa shape index (κ3) is 2.61. The lowest BCUT2D eigenvalue weighted by molar-refractivity contribution is 0.0958. The lowest BCUT2D eigenvalue weighted by Crippen LogP contribution is -2.43. The predicted octanol–water partition coefficient (Wildman–Crippen LogP) is 0.759. The smallest absolute Gasteiger partial charge is 0.269 e. The molecule has 1 aromatic rings. The summed E-state index contributed by atoms with van der Waals surface area (Å²) in [6, 6.07) is 4.35. The number of rotatable bonds is 5. The van der Waals surface area contributed by atoms with Gasteiger partial charge in [-0.25, -0.2) is 0 Å². The average Bonchev–Trinajstić information content (AvgIpc) is 2.35. The van der Waals surface area contributed by atoms with Crippen LogP contribution in [0, 0.1) is 0 Å². The van der Waals surface area contributed by atoms with E-state index < -0.39 is 0 Å². The summed E-state index contributed by atoms with van der Waals surface area (Å²) in [4.78, 5) is 18.0. The van der Waals surface area contributed by atoms with Crippen molar-refractivity contribution in [3.63, 3.8) is 0 Å². The zero-order valence-electron chi connectivity index (χ0n) is 10.7. The minimum atomic E-state index is -0.154. The summed E-state index contributed by atoms with van der Waals surface area (Å²) < 4.78 is 0. The standard InChI is InChI=1S/C13H20N4O/c1-15-13(18)12-9-11(5-7-16-12)17(8-6-14)10-3-2-4-10/h5,7,9-10H,2-4,6,8,14H2,1H3,(H,15,18). The van der Waals surface area contributed by atoms with Crippen LogP contribution in [0.3, 0.4) is 0 Å². The van der Waals surface area contributed by atoms with Gasteiger partial charge in [0.2, 0.25) is 0 Å². The van der Waals surface area contributed by atoms with Gasteiger partial charge in [-0.2, -0.15) is 0 Å².